The van der Waals surface area contributed by atoms with Gasteiger partial charge in [-0.3, -0.25) is 4.90 Å². The lowest BCUT2D eigenvalue weighted by Crippen LogP contribution is -2.23. The van der Waals surface area contributed by atoms with Crippen LogP contribution in [0.5, 0.6) is 0 Å². The third-order valence-corrected chi connectivity index (χ3v) is 4.55. The standard InChI is InChI=1S/C20H21FN4O/c1-15-5-4-6-16(11-15)12-24-9-10-26-20(24)19-14-25(23-22-19)13-17-7-2-3-8-18(17)21/h2-8,11,14,20H,9-10,12-13H2,1H3. The Morgan fingerprint density at radius 1 is 1.15 bits per heavy atom. The van der Waals surface area contributed by atoms with E-state index in [4.69, 9.17) is 4.74 Å². The molecule has 1 unspecified atom stereocenters. The summed E-state index contributed by atoms with van der Waals surface area (Å²) in [7, 11) is 0. The van der Waals surface area contributed by atoms with E-state index in [-0.39, 0.29) is 12.0 Å². The number of hydrogen-bond acceptors (Lipinski definition) is 4. The predicted octanol–water partition coefficient (Wildman–Crippen LogP) is 3.30. The normalized spacial score (nSPS) is 17.7. The molecule has 0 saturated carbocycles. The number of aromatic nitrogens is 3. The minimum atomic E-state index is -0.234. The first-order valence-corrected chi connectivity index (χ1v) is 8.74. The molecule has 4 rings (SSSR count). The molecule has 5 nitrogen and oxygen atoms in total. The van der Waals surface area contributed by atoms with Crippen molar-refractivity contribution in [2.75, 3.05) is 13.2 Å². The Bertz CT molecular complexity index is 895. The van der Waals surface area contributed by atoms with E-state index in [0.29, 0.717) is 18.7 Å². The molecule has 1 saturated heterocycles. The molecule has 134 valence electrons. The van der Waals surface area contributed by atoms with Gasteiger partial charge in [0.25, 0.3) is 0 Å². The Labute approximate surface area is 152 Å². The van der Waals surface area contributed by atoms with E-state index < -0.39 is 0 Å². The summed E-state index contributed by atoms with van der Waals surface area (Å²) in [5.74, 6) is -0.234. The van der Waals surface area contributed by atoms with Gasteiger partial charge in [-0.2, -0.15) is 0 Å². The number of hydrogen-bond donors (Lipinski definition) is 0. The summed E-state index contributed by atoms with van der Waals surface area (Å²) in [6.45, 7) is 4.75. The summed E-state index contributed by atoms with van der Waals surface area (Å²) in [6, 6.07) is 15.2. The summed E-state index contributed by atoms with van der Waals surface area (Å²) in [6.07, 6.45) is 1.62. The first-order chi connectivity index (χ1) is 12.7. The molecule has 1 atom stereocenters. The van der Waals surface area contributed by atoms with Crippen molar-refractivity contribution in [3.05, 3.63) is 82.9 Å². The SMILES string of the molecule is Cc1cccc(CN2CCOC2c2cn(Cc3ccccc3F)nn2)c1. The lowest BCUT2D eigenvalue weighted by molar-refractivity contribution is 0.0252. The van der Waals surface area contributed by atoms with Gasteiger partial charge in [0, 0.05) is 18.7 Å². The Kier molecular flexibility index (Phi) is 4.77. The topological polar surface area (TPSA) is 43.2 Å². The highest BCUT2D eigenvalue weighted by Gasteiger charge is 2.29. The van der Waals surface area contributed by atoms with Gasteiger partial charge in [0.15, 0.2) is 6.23 Å². The molecule has 1 aliphatic rings. The third kappa shape index (κ3) is 3.66. The highest BCUT2D eigenvalue weighted by atomic mass is 19.1. The summed E-state index contributed by atoms with van der Waals surface area (Å²) in [4.78, 5) is 2.24. The maximum Gasteiger partial charge on any atom is 0.157 e. The van der Waals surface area contributed by atoms with E-state index in [1.165, 1.54) is 17.2 Å². The quantitative estimate of drug-likeness (QED) is 0.707. The Morgan fingerprint density at radius 2 is 2.04 bits per heavy atom. The molecular formula is C20H21FN4O. The second-order valence-electron chi connectivity index (χ2n) is 6.62. The van der Waals surface area contributed by atoms with Crippen molar-refractivity contribution in [1.29, 1.82) is 0 Å². The van der Waals surface area contributed by atoms with E-state index in [9.17, 15) is 4.39 Å². The Balaban J connectivity index is 1.48. The summed E-state index contributed by atoms with van der Waals surface area (Å²) >= 11 is 0. The van der Waals surface area contributed by atoms with Crippen LogP contribution in [0.3, 0.4) is 0 Å². The van der Waals surface area contributed by atoms with E-state index >= 15 is 0 Å². The molecule has 1 fully saturated rings. The maximum atomic E-state index is 13.8. The van der Waals surface area contributed by atoms with Crippen molar-refractivity contribution in [1.82, 2.24) is 19.9 Å². The van der Waals surface area contributed by atoms with Crippen LogP contribution in [0.2, 0.25) is 0 Å². The second-order valence-corrected chi connectivity index (χ2v) is 6.62. The van der Waals surface area contributed by atoms with Gasteiger partial charge < -0.3 is 4.74 Å². The van der Waals surface area contributed by atoms with Crippen molar-refractivity contribution in [2.45, 2.75) is 26.2 Å². The number of halogens is 1. The van der Waals surface area contributed by atoms with Crippen LogP contribution >= 0.6 is 0 Å². The molecule has 2 heterocycles. The predicted molar refractivity (Wildman–Crippen MR) is 95.8 cm³/mol. The van der Waals surface area contributed by atoms with Crippen LogP contribution in [0, 0.1) is 12.7 Å². The minimum Gasteiger partial charge on any atom is -0.356 e. The number of ether oxygens (including phenoxy) is 1. The molecule has 0 N–H and O–H groups in total. The van der Waals surface area contributed by atoms with Crippen molar-refractivity contribution >= 4 is 0 Å². The first kappa shape index (κ1) is 16.9. The largest absolute Gasteiger partial charge is 0.356 e. The minimum absolute atomic E-state index is 0.218. The van der Waals surface area contributed by atoms with Crippen LogP contribution in [0.1, 0.15) is 28.6 Å². The van der Waals surface area contributed by atoms with Crippen molar-refractivity contribution in [2.24, 2.45) is 0 Å². The van der Waals surface area contributed by atoms with Crippen LogP contribution in [0.25, 0.3) is 0 Å². The molecule has 0 aliphatic carbocycles. The fourth-order valence-corrected chi connectivity index (χ4v) is 3.29. The highest BCUT2D eigenvalue weighted by Crippen LogP contribution is 2.27. The molecule has 2 aromatic carbocycles. The lowest BCUT2D eigenvalue weighted by Gasteiger charge is -2.21. The molecule has 0 spiro atoms. The number of rotatable bonds is 5. The second kappa shape index (κ2) is 7.35. The Morgan fingerprint density at radius 3 is 2.88 bits per heavy atom. The van der Waals surface area contributed by atoms with E-state index in [2.05, 4.69) is 46.4 Å². The molecule has 3 aromatic rings. The van der Waals surface area contributed by atoms with Crippen molar-refractivity contribution in [3.63, 3.8) is 0 Å². The van der Waals surface area contributed by atoms with Gasteiger partial charge >= 0.3 is 0 Å². The number of aryl methyl sites for hydroxylation is 1. The van der Waals surface area contributed by atoms with Gasteiger partial charge in [-0.1, -0.05) is 53.2 Å². The van der Waals surface area contributed by atoms with Gasteiger partial charge in [-0.05, 0) is 18.6 Å². The molecule has 6 heteroatoms. The average Bonchev–Trinajstić information content (AvgIpc) is 3.26. The first-order valence-electron chi connectivity index (χ1n) is 8.74. The molecule has 26 heavy (non-hydrogen) atoms. The highest BCUT2D eigenvalue weighted by molar-refractivity contribution is 5.22. The molecule has 0 amide bonds. The van der Waals surface area contributed by atoms with Crippen LogP contribution in [-0.4, -0.2) is 33.0 Å². The van der Waals surface area contributed by atoms with E-state index in [0.717, 1.165) is 18.8 Å². The number of benzene rings is 2. The average molecular weight is 352 g/mol. The fourth-order valence-electron chi connectivity index (χ4n) is 3.29. The zero-order valence-corrected chi connectivity index (χ0v) is 14.7. The van der Waals surface area contributed by atoms with Crippen LogP contribution in [0.15, 0.2) is 54.7 Å². The fraction of sp³-hybridized carbons (Fsp3) is 0.300. The van der Waals surface area contributed by atoms with Gasteiger partial charge in [0.1, 0.15) is 11.5 Å². The van der Waals surface area contributed by atoms with Crippen molar-refractivity contribution in [3.8, 4) is 0 Å². The zero-order valence-electron chi connectivity index (χ0n) is 14.7. The van der Waals surface area contributed by atoms with Crippen molar-refractivity contribution < 1.29 is 9.13 Å². The van der Waals surface area contributed by atoms with Gasteiger partial charge in [0.2, 0.25) is 0 Å². The molecule has 0 radical (unpaired) electrons. The van der Waals surface area contributed by atoms with Gasteiger partial charge in [0.05, 0.1) is 19.3 Å². The smallest absolute Gasteiger partial charge is 0.157 e. The third-order valence-electron chi connectivity index (χ3n) is 4.55. The summed E-state index contributed by atoms with van der Waals surface area (Å²) in [5.41, 5.74) is 3.84. The molecule has 1 aromatic heterocycles. The van der Waals surface area contributed by atoms with E-state index in [1.807, 2.05) is 12.3 Å². The zero-order chi connectivity index (χ0) is 17.9. The van der Waals surface area contributed by atoms with E-state index in [1.54, 1.807) is 16.8 Å². The molecule has 0 bridgehead atoms. The van der Waals surface area contributed by atoms with Crippen LogP contribution in [-0.2, 0) is 17.8 Å². The van der Waals surface area contributed by atoms with Gasteiger partial charge in [-0.25, -0.2) is 9.07 Å². The van der Waals surface area contributed by atoms with Gasteiger partial charge in [-0.15, -0.1) is 5.10 Å². The van der Waals surface area contributed by atoms with Crippen LogP contribution in [0.4, 0.5) is 4.39 Å². The van der Waals surface area contributed by atoms with Crippen LogP contribution < -0.4 is 0 Å². The maximum absolute atomic E-state index is 13.8. The monoisotopic (exact) mass is 352 g/mol. The molecular weight excluding hydrogens is 331 g/mol. The summed E-state index contributed by atoms with van der Waals surface area (Å²) in [5, 5.41) is 8.40. The Hall–Kier alpha value is -2.57. The molecule has 1 aliphatic heterocycles. The lowest BCUT2D eigenvalue weighted by atomic mass is 10.1. The number of nitrogens with zero attached hydrogens (tertiary/aromatic N) is 4. The summed E-state index contributed by atoms with van der Waals surface area (Å²) < 4.78 is 21.4.